The minimum absolute atomic E-state index is 0.295. The van der Waals surface area contributed by atoms with Crippen molar-refractivity contribution in [3.63, 3.8) is 0 Å². The molecule has 1 heterocycles. The SMILES string of the molecule is C#Cc1cccc(-c2ccc3c(c2)OCO3)c1. The summed E-state index contributed by atoms with van der Waals surface area (Å²) in [5.41, 5.74) is 3.03. The summed E-state index contributed by atoms with van der Waals surface area (Å²) in [5, 5.41) is 0. The molecular weight excluding hydrogens is 212 g/mol. The second-order valence-electron chi connectivity index (χ2n) is 3.79. The van der Waals surface area contributed by atoms with Gasteiger partial charge in [-0.25, -0.2) is 0 Å². The highest BCUT2D eigenvalue weighted by Gasteiger charge is 2.13. The molecule has 17 heavy (non-hydrogen) atoms. The maximum absolute atomic E-state index is 5.39. The molecular formula is C15H10O2. The van der Waals surface area contributed by atoms with Crippen LogP contribution in [-0.4, -0.2) is 6.79 Å². The van der Waals surface area contributed by atoms with E-state index in [4.69, 9.17) is 15.9 Å². The Kier molecular flexibility index (Phi) is 2.23. The normalized spacial score (nSPS) is 12.2. The second-order valence-corrected chi connectivity index (χ2v) is 3.79. The van der Waals surface area contributed by atoms with Gasteiger partial charge in [-0.2, -0.15) is 0 Å². The van der Waals surface area contributed by atoms with E-state index in [1.165, 1.54) is 0 Å². The summed E-state index contributed by atoms with van der Waals surface area (Å²) < 4.78 is 10.6. The number of fused-ring (bicyclic) bond motifs is 1. The number of terminal acetylenes is 1. The Balaban J connectivity index is 2.07. The van der Waals surface area contributed by atoms with Gasteiger partial charge in [-0.05, 0) is 35.4 Å². The Hall–Kier alpha value is -2.40. The van der Waals surface area contributed by atoms with Crippen LogP contribution in [0.2, 0.25) is 0 Å². The van der Waals surface area contributed by atoms with Crippen LogP contribution in [0.5, 0.6) is 11.5 Å². The molecule has 3 rings (SSSR count). The summed E-state index contributed by atoms with van der Waals surface area (Å²) in [6.07, 6.45) is 5.39. The molecule has 1 aliphatic rings. The molecule has 0 N–H and O–H groups in total. The van der Waals surface area contributed by atoms with Crippen molar-refractivity contribution in [2.24, 2.45) is 0 Å². The number of ether oxygens (including phenoxy) is 2. The van der Waals surface area contributed by atoms with Crippen LogP contribution in [0.1, 0.15) is 5.56 Å². The third-order valence-corrected chi connectivity index (χ3v) is 2.74. The first-order valence-electron chi connectivity index (χ1n) is 5.33. The first-order valence-corrected chi connectivity index (χ1v) is 5.33. The zero-order chi connectivity index (χ0) is 11.7. The van der Waals surface area contributed by atoms with Gasteiger partial charge < -0.3 is 9.47 Å². The molecule has 0 aliphatic carbocycles. The van der Waals surface area contributed by atoms with E-state index in [2.05, 4.69) is 5.92 Å². The van der Waals surface area contributed by atoms with Crippen LogP contribution in [0, 0.1) is 12.3 Å². The minimum atomic E-state index is 0.295. The van der Waals surface area contributed by atoms with E-state index in [-0.39, 0.29) is 0 Å². The molecule has 0 saturated carbocycles. The van der Waals surface area contributed by atoms with E-state index in [9.17, 15) is 0 Å². The first kappa shape index (κ1) is 9.80. The molecule has 0 amide bonds. The highest BCUT2D eigenvalue weighted by Crippen LogP contribution is 2.35. The van der Waals surface area contributed by atoms with Gasteiger partial charge in [0.2, 0.25) is 6.79 Å². The van der Waals surface area contributed by atoms with E-state index < -0.39 is 0 Å². The van der Waals surface area contributed by atoms with Crippen LogP contribution in [0.4, 0.5) is 0 Å². The van der Waals surface area contributed by atoms with Crippen molar-refractivity contribution in [3.8, 4) is 35.0 Å². The number of benzene rings is 2. The predicted molar refractivity (Wildman–Crippen MR) is 65.9 cm³/mol. The summed E-state index contributed by atoms with van der Waals surface area (Å²) in [6.45, 7) is 0.295. The lowest BCUT2D eigenvalue weighted by molar-refractivity contribution is 0.174. The van der Waals surface area contributed by atoms with Crippen LogP contribution in [0.25, 0.3) is 11.1 Å². The fourth-order valence-electron chi connectivity index (χ4n) is 1.86. The minimum Gasteiger partial charge on any atom is -0.454 e. The third kappa shape index (κ3) is 1.72. The van der Waals surface area contributed by atoms with Gasteiger partial charge in [0.05, 0.1) is 0 Å². The smallest absolute Gasteiger partial charge is 0.231 e. The van der Waals surface area contributed by atoms with Crippen LogP contribution in [0.3, 0.4) is 0 Å². The van der Waals surface area contributed by atoms with Gasteiger partial charge in [0.15, 0.2) is 11.5 Å². The molecule has 0 saturated heterocycles. The fourth-order valence-corrected chi connectivity index (χ4v) is 1.86. The Bertz CT molecular complexity index is 609. The van der Waals surface area contributed by atoms with E-state index in [1.54, 1.807) is 0 Å². The Morgan fingerprint density at radius 1 is 0.941 bits per heavy atom. The first-order chi connectivity index (χ1) is 8.36. The number of hydrogen-bond acceptors (Lipinski definition) is 2. The number of hydrogen-bond donors (Lipinski definition) is 0. The van der Waals surface area contributed by atoms with Crippen LogP contribution in [-0.2, 0) is 0 Å². The van der Waals surface area contributed by atoms with Crippen LogP contribution >= 0.6 is 0 Å². The van der Waals surface area contributed by atoms with Gasteiger partial charge >= 0.3 is 0 Å². The van der Waals surface area contributed by atoms with Gasteiger partial charge in [-0.3, -0.25) is 0 Å². The molecule has 0 unspecified atom stereocenters. The molecule has 0 aromatic heterocycles. The average molecular weight is 222 g/mol. The van der Waals surface area contributed by atoms with Gasteiger partial charge in [0.1, 0.15) is 0 Å². The third-order valence-electron chi connectivity index (χ3n) is 2.74. The molecule has 0 atom stereocenters. The summed E-state index contributed by atoms with van der Waals surface area (Å²) in [5.74, 6) is 4.21. The van der Waals surface area contributed by atoms with Crippen molar-refractivity contribution in [2.75, 3.05) is 6.79 Å². The summed E-state index contributed by atoms with van der Waals surface area (Å²) >= 11 is 0. The largest absolute Gasteiger partial charge is 0.454 e. The van der Waals surface area contributed by atoms with Gasteiger partial charge in [0.25, 0.3) is 0 Å². The summed E-state index contributed by atoms with van der Waals surface area (Å²) in [4.78, 5) is 0. The zero-order valence-corrected chi connectivity index (χ0v) is 9.14. The fraction of sp³-hybridized carbons (Fsp3) is 0.0667. The molecule has 2 nitrogen and oxygen atoms in total. The monoisotopic (exact) mass is 222 g/mol. The molecule has 2 heteroatoms. The molecule has 2 aromatic carbocycles. The lowest BCUT2D eigenvalue weighted by Crippen LogP contribution is -1.92. The van der Waals surface area contributed by atoms with E-state index in [1.807, 2.05) is 42.5 Å². The van der Waals surface area contributed by atoms with E-state index in [0.29, 0.717) is 6.79 Å². The Morgan fingerprint density at radius 3 is 2.65 bits per heavy atom. The highest BCUT2D eigenvalue weighted by atomic mass is 16.7. The number of rotatable bonds is 1. The van der Waals surface area contributed by atoms with Gasteiger partial charge in [-0.15, -0.1) is 6.42 Å². The molecule has 0 radical (unpaired) electrons. The second kappa shape index (κ2) is 3.88. The zero-order valence-electron chi connectivity index (χ0n) is 9.14. The van der Waals surface area contributed by atoms with Crippen molar-refractivity contribution >= 4 is 0 Å². The summed E-state index contributed by atoms with van der Waals surface area (Å²) in [6, 6.07) is 13.8. The van der Waals surface area contributed by atoms with Crippen molar-refractivity contribution in [3.05, 3.63) is 48.0 Å². The standard InChI is InChI=1S/C15H10O2/c1-2-11-4-3-5-12(8-11)13-6-7-14-15(9-13)17-10-16-14/h1,3-9H,10H2. The maximum atomic E-state index is 5.39. The van der Waals surface area contributed by atoms with Crippen molar-refractivity contribution in [1.82, 2.24) is 0 Å². The molecule has 2 aromatic rings. The van der Waals surface area contributed by atoms with Crippen molar-refractivity contribution < 1.29 is 9.47 Å². The molecule has 1 aliphatic heterocycles. The highest BCUT2D eigenvalue weighted by molar-refractivity contribution is 5.68. The van der Waals surface area contributed by atoms with Gasteiger partial charge in [0, 0.05) is 5.56 Å². The van der Waals surface area contributed by atoms with Gasteiger partial charge in [-0.1, -0.05) is 24.1 Å². The average Bonchev–Trinajstić information content (AvgIpc) is 2.86. The molecule has 0 spiro atoms. The van der Waals surface area contributed by atoms with E-state index >= 15 is 0 Å². The lowest BCUT2D eigenvalue weighted by Gasteiger charge is -2.03. The summed E-state index contributed by atoms with van der Waals surface area (Å²) in [7, 11) is 0. The topological polar surface area (TPSA) is 18.5 Å². The predicted octanol–water partition coefficient (Wildman–Crippen LogP) is 3.06. The van der Waals surface area contributed by atoms with Crippen LogP contribution in [0.15, 0.2) is 42.5 Å². The lowest BCUT2D eigenvalue weighted by atomic mass is 10.0. The van der Waals surface area contributed by atoms with E-state index in [0.717, 1.165) is 28.2 Å². The van der Waals surface area contributed by atoms with Crippen LogP contribution < -0.4 is 9.47 Å². The molecule has 82 valence electrons. The quantitative estimate of drug-likeness (QED) is 0.690. The van der Waals surface area contributed by atoms with Crippen molar-refractivity contribution in [2.45, 2.75) is 0 Å². The Labute approximate surface area is 99.8 Å². The Morgan fingerprint density at radius 2 is 1.76 bits per heavy atom. The molecule has 0 fully saturated rings. The maximum Gasteiger partial charge on any atom is 0.231 e. The van der Waals surface area contributed by atoms with Crippen molar-refractivity contribution in [1.29, 1.82) is 0 Å². The molecule has 0 bridgehead atoms.